The first-order chi connectivity index (χ1) is 8.62. The second-order valence-electron chi connectivity index (χ2n) is 3.71. The van der Waals surface area contributed by atoms with Crippen molar-refractivity contribution in [3.63, 3.8) is 0 Å². The SMILES string of the molecule is CNCc1cc(S(=O)(=O)NCc2cn[nH]c2)cs1. The third-order valence-corrected chi connectivity index (χ3v) is 4.78. The number of rotatable bonds is 6. The first-order valence-electron chi connectivity index (χ1n) is 5.31. The monoisotopic (exact) mass is 286 g/mol. The molecule has 2 rings (SSSR count). The zero-order valence-corrected chi connectivity index (χ0v) is 11.4. The fraction of sp³-hybridized carbons (Fsp3) is 0.300. The predicted octanol–water partition coefficient (Wildman–Crippen LogP) is 0.669. The van der Waals surface area contributed by atoms with Crippen molar-refractivity contribution in [2.75, 3.05) is 7.05 Å². The van der Waals surface area contributed by atoms with E-state index in [-0.39, 0.29) is 6.54 Å². The zero-order chi connectivity index (χ0) is 13.0. The van der Waals surface area contributed by atoms with Crippen molar-refractivity contribution >= 4 is 21.4 Å². The average Bonchev–Trinajstić information content (AvgIpc) is 2.98. The Balaban J connectivity index is 2.05. The number of aromatic amines is 1. The van der Waals surface area contributed by atoms with Gasteiger partial charge in [-0.3, -0.25) is 5.10 Å². The molecular formula is C10H14N4O2S2. The molecule has 0 amide bonds. The van der Waals surface area contributed by atoms with Crippen molar-refractivity contribution in [1.82, 2.24) is 20.2 Å². The summed E-state index contributed by atoms with van der Waals surface area (Å²) in [5.41, 5.74) is 0.796. The molecule has 0 bridgehead atoms. The molecule has 0 aliphatic heterocycles. The van der Waals surface area contributed by atoms with Gasteiger partial charge < -0.3 is 5.32 Å². The highest BCUT2D eigenvalue weighted by molar-refractivity contribution is 7.89. The van der Waals surface area contributed by atoms with E-state index in [0.717, 1.165) is 10.4 Å². The van der Waals surface area contributed by atoms with Crippen LogP contribution < -0.4 is 10.0 Å². The van der Waals surface area contributed by atoms with Crippen LogP contribution in [0.25, 0.3) is 0 Å². The zero-order valence-electron chi connectivity index (χ0n) is 9.80. The number of aromatic nitrogens is 2. The van der Waals surface area contributed by atoms with Gasteiger partial charge in [-0.1, -0.05) is 0 Å². The topological polar surface area (TPSA) is 86.9 Å². The molecule has 0 saturated heterocycles. The highest BCUT2D eigenvalue weighted by atomic mass is 32.2. The molecule has 98 valence electrons. The Bertz CT molecular complexity index is 589. The van der Waals surface area contributed by atoms with Gasteiger partial charge in [-0.25, -0.2) is 13.1 Å². The second-order valence-corrected chi connectivity index (χ2v) is 6.47. The van der Waals surface area contributed by atoms with E-state index in [0.29, 0.717) is 11.4 Å². The van der Waals surface area contributed by atoms with Gasteiger partial charge in [-0.2, -0.15) is 5.10 Å². The molecule has 6 nitrogen and oxygen atoms in total. The largest absolute Gasteiger partial charge is 0.315 e. The fourth-order valence-electron chi connectivity index (χ4n) is 1.40. The van der Waals surface area contributed by atoms with Crippen LogP contribution in [0.1, 0.15) is 10.4 Å². The van der Waals surface area contributed by atoms with E-state index in [2.05, 4.69) is 20.2 Å². The predicted molar refractivity (Wildman–Crippen MR) is 69.7 cm³/mol. The summed E-state index contributed by atoms with van der Waals surface area (Å²) in [5, 5.41) is 11.0. The maximum absolute atomic E-state index is 12.0. The Morgan fingerprint density at radius 1 is 1.44 bits per heavy atom. The summed E-state index contributed by atoms with van der Waals surface area (Å²) in [7, 11) is -1.62. The van der Waals surface area contributed by atoms with E-state index >= 15 is 0 Å². The van der Waals surface area contributed by atoms with Crippen molar-refractivity contribution < 1.29 is 8.42 Å². The van der Waals surface area contributed by atoms with Gasteiger partial charge >= 0.3 is 0 Å². The van der Waals surface area contributed by atoms with Gasteiger partial charge in [0.25, 0.3) is 0 Å². The van der Waals surface area contributed by atoms with Gasteiger partial charge in [-0.05, 0) is 13.1 Å². The molecule has 2 aromatic heterocycles. The minimum absolute atomic E-state index is 0.232. The van der Waals surface area contributed by atoms with Crippen LogP contribution in [0.2, 0.25) is 0 Å². The summed E-state index contributed by atoms with van der Waals surface area (Å²) < 4.78 is 26.5. The molecule has 18 heavy (non-hydrogen) atoms. The Hall–Kier alpha value is -1.22. The second kappa shape index (κ2) is 5.61. The molecule has 8 heteroatoms. The van der Waals surface area contributed by atoms with Crippen LogP contribution >= 0.6 is 11.3 Å². The fourth-order valence-corrected chi connectivity index (χ4v) is 3.71. The van der Waals surface area contributed by atoms with Crippen LogP contribution in [0.4, 0.5) is 0 Å². The highest BCUT2D eigenvalue weighted by Gasteiger charge is 2.15. The molecule has 0 aliphatic rings. The Kier molecular flexibility index (Phi) is 4.12. The van der Waals surface area contributed by atoms with Crippen molar-refractivity contribution in [2.45, 2.75) is 18.0 Å². The minimum Gasteiger partial charge on any atom is -0.315 e. The van der Waals surface area contributed by atoms with Crippen LogP contribution in [-0.4, -0.2) is 25.7 Å². The minimum atomic E-state index is -3.44. The lowest BCUT2D eigenvalue weighted by molar-refractivity contribution is 0.581. The summed E-state index contributed by atoms with van der Waals surface area (Å²) in [5.74, 6) is 0. The third-order valence-electron chi connectivity index (χ3n) is 2.31. The van der Waals surface area contributed by atoms with Crippen molar-refractivity contribution in [3.05, 3.63) is 34.3 Å². The maximum atomic E-state index is 12.0. The summed E-state index contributed by atoms with van der Waals surface area (Å²) in [6, 6.07) is 1.68. The lowest BCUT2D eigenvalue weighted by Gasteiger charge is -2.02. The van der Waals surface area contributed by atoms with Crippen LogP contribution in [0.3, 0.4) is 0 Å². The van der Waals surface area contributed by atoms with E-state index in [1.165, 1.54) is 11.3 Å². The van der Waals surface area contributed by atoms with Crippen LogP contribution in [0.15, 0.2) is 28.7 Å². The summed E-state index contributed by atoms with van der Waals surface area (Å²) in [4.78, 5) is 1.29. The Morgan fingerprint density at radius 3 is 2.94 bits per heavy atom. The summed E-state index contributed by atoms with van der Waals surface area (Å²) in [6.45, 7) is 0.901. The standard InChI is InChI=1S/C10H14N4O2S2/c1-11-6-9-2-10(7-17-9)18(15,16)14-5-8-3-12-13-4-8/h2-4,7,11,14H,5-6H2,1H3,(H,12,13). The smallest absolute Gasteiger partial charge is 0.241 e. The molecule has 2 aromatic rings. The third kappa shape index (κ3) is 3.16. The normalized spacial score (nSPS) is 11.8. The molecule has 0 saturated carbocycles. The highest BCUT2D eigenvalue weighted by Crippen LogP contribution is 2.19. The van der Waals surface area contributed by atoms with Gasteiger partial charge in [0, 0.05) is 35.1 Å². The maximum Gasteiger partial charge on any atom is 0.241 e. The molecule has 3 N–H and O–H groups in total. The summed E-state index contributed by atoms with van der Waals surface area (Å²) >= 11 is 1.42. The molecule has 0 unspecified atom stereocenters. The van der Waals surface area contributed by atoms with Crippen molar-refractivity contribution in [2.24, 2.45) is 0 Å². The molecule has 0 aliphatic carbocycles. The van der Waals surface area contributed by atoms with E-state index in [9.17, 15) is 8.42 Å². The Morgan fingerprint density at radius 2 is 2.28 bits per heavy atom. The van der Waals surface area contributed by atoms with E-state index in [4.69, 9.17) is 0 Å². The van der Waals surface area contributed by atoms with Gasteiger partial charge in [-0.15, -0.1) is 11.3 Å². The van der Waals surface area contributed by atoms with Gasteiger partial charge in [0.2, 0.25) is 10.0 Å². The lowest BCUT2D eigenvalue weighted by Crippen LogP contribution is -2.22. The number of hydrogen-bond acceptors (Lipinski definition) is 5. The van der Waals surface area contributed by atoms with E-state index in [1.807, 2.05) is 7.05 Å². The average molecular weight is 286 g/mol. The molecule has 0 fully saturated rings. The van der Waals surface area contributed by atoms with Gasteiger partial charge in [0.05, 0.1) is 11.1 Å². The van der Waals surface area contributed by atoms with Crippen molar-refractivity contribution in [1.29, 1.82) is 0 Å². The molecule has 0 atom stereocenters. The molecule has 0 radical (unpaired) electrons. The Labute approximate surface area is 109 Å². The van der Waals surface area contributed by atoms with Gasteiger partial charge in [0.1, 0.15) is 0 Å². The first-order valence-corrected chi connectivity index (χ1v) is 7.67. The molecular weight excluding hydrogens is 272 g/mol. The number of nitrogens with one attached hydrogen (secondary N) is 3. The number of nitrogens with zero attached hydrogens (tertiary/aromatic N) is 1. The lowest BCUT2D eigenvalue weighted by atomic mass is 10.4. The van der Waals surface area contributed by atoms with Crippen LogP contribution in [0.5, 0.6) is 0 Å². The number of hydrogen-bond donors (Lipinski definition) is 3. The number of sulfonamides is 1. The van der Waals surface area contributed by atoms with Crippen LogP contribution in [0, 0.1) is 0 Å². The summed E-state index contributed by atoms with van der Waals surface area (Å²) in [6.07, 6.45) is 3.24. The quantitative estimate of drug-likeness (QED) is 0.728. The molecule has 0 spiro atoms. The number of H-pyrrole nitrogens is 1. The first kappa shape index (κ1) is 13.2. The number of thiophene rings is 1. The van der Waals surface area contributed by atoms with Crippen LogP contribution in [-0.2, 0) is 23.1 Å². The van der Waals surface area contributed by atoms with E-state index < -0.39 is 10.0 Å². The van der Waals surface area contributed by atoms with Crippen molar-refractivity contribution in [3.8, 4) is 0 Å². The molecule has 0 aromatic carbocycles. The van der Waals surface area contributed by atoms with E-state index in [1.54, 1.807) is 23.8 Å². The van der Waals surface area contributed by atoms with Gasteiger partial charge in [0.15, 0.2) is 0 Å². The molecule has 2 heterocycles.